The van der Waals surface area contributed by atoms with Gasteiger partial charge >= 0.3 is 0 Å². The van der Waals surface area contributed by atoms with Crippen LogP contribution in [-0.2, 0) is 7.05 Å². The van der Waals surface area contributed by atoms with Crippen LogP contribution >= 0.6 is 0 Å². The van der Waals surface area contributed by atoms with Gasteiger partial charge in [0.15, 0.2) is 0 Å². The second-order valence-electron chi connectivity index (χ2n) is 5.68. The molecule has 102 valence electrons. The molecule has 1 aliphatic heterocycles. The van der Waals surface area contributed by atoms with Crippen molar-refractivity contribution in [2.75, 3.05) is 13.1 Å². The van der Waals surface area contributed by atoms with Gasteiger partial charge in [-0.25, -0.2) is 0 Å². The van der Waals surface area contributed by atoms with E-state index < -0.39 is 0 Å². The van der Waals surface area contributed by atoms with E-state index in [1.807, 2.05) is 11.7 Å². The lowest BCUT2D eigenvalue weighted by Crippen LogP contribution is -2.49. The Hall–Kier alpha value is -0.870. The molecule has 2 rings (SSSR count). The first kappa shape index (κ1) is 13.6. The third kappa shape index (κ3) is 2.45. The smallest absolute Gasteiger partial charge is 0.0641 e. The normalized spacial score (nSPS) is 27.4. The molecule has 0 aliphatic carbocycles. The molecule has 0 bridgehead atoms. The van der Waals surface area contributed by atoms with Crippen LogP contribution in [0.4, 0.5) is 0 Å². The zero-order chi connectivity index (χ0) is 13.3. The second-order valence-corrected chi connectivity index (χ2v) is 5.68. The van der Waals surface area contributed by atoms with Crippen LogP contribution in [0, 0.1) is 12.8 Å². The van der Waals surface area contributed by atoms with Gasteiger partial charge in [-0.05, 0) is 39.2 Å². The molecule has 0 amide bonds. The Morgan fingerprint density at radius 1 is 1.56 bits per heavy atom. The molecule has 2 heterocycles. The molecular formula is C14H26N4. The number of nitrogens with zero attached hydrogens (tertiary/aromatic N) is 3. The molecule has 1 aromatic rings. The molecule has 18 heavy (non-hydrogen) atoms. The van der Waals surface area contributed by atoms with Gasteiger partial charge in [-0.1, -0.05) is 6.92 Å². The van der Waals surface area contributed by atoms with E-state index >= 15 is 0 Å². The van der Waals surface area contributed by atoms with E-state index in [0.29, 0.717) is 18.0 Å². The van der Waals surface area contributed by atoms with Crippen molar-refractivity contribution < 1.29 is 0 Å². The summed E-state index contributed by atoms with van der Waals surface area (Å²) in [4.78, 5) is 2.57. The van der Waals surface area contributed by atoms with Crippen LogP contribution in [0.15, 0.2) is 6.20 Å². The Morgan fingerprint density at radius 2 is 2.28 bits per heavy atom. The lowest BCUT2D eigenvalue weighted by molar-refractivity contribution is 0.0687. The molecule has 2 N–H and O–H groups in total. The number of hydrogen-bond donors (Lipinski definition) is 1. The first-order chi connectivity index (χ1) is 8.54. The molecule has 3 atom stereocenters. The van der Waals surface area contributed by atoms with Crippen LogP contribution in [-0.4, -0.2) is 33.8 Å². The molecule has 0 spiro atoms. The van der Waals surface area contributed by atoms with Crippen molar-refractivity contribution in [2.45, 2.75) is 45.7 Å². The molecule has 0 saturated carbocycles. The summed E-state index contributed by atoms with van der Waals surface area (Å²) < 4.78 is 1.91. The van der Waals surface area contributed by atoms with Crippen molar-refractivity contribution >= 4 is 0 Å². The van der Waals surface area contributed by atoms with Crippen LogP contribution in [0.3, 0.4) is 0 Å². The predicted octanol–water partition coefficient (Wildman–Crippen LogP) is 1.85. The highest BCUT2D eigenvalue weighted by Gasteiger charge is 2.32. The van der Waals surface area contributed by atoms with Crippen LogP contribution in [0.1, 0.15) is 44.0 Å². The molecule has 4 heteroatoms. The van der Waals surface area contributed by atoms with Crippen molar-refractivity contribution in [2.24, 2.45) is 18.7 Å². The van der Waals surface area contributed by atoms with Gasteiger partial charge in [0.2, 0.25) is 0 Å². The Bertz CT molecular complexity index is 398. The maximum absolute atomic E-state index is 5.98. The minimum atomic E-state index is 0.412. The van der Waals surface area contributed by atoms with E-state index in [0.717, 1.165) is 18.8 Å². The maximum atomic E-state index is 5.98. The summed E-state index contributed by atoms with van der Waals surface area (Å²) >= 11 is 0. The lowest BCUT2D eigenvalue weighted by Gasteiger charge is -2.43. The van der Waals surface area contributed by atoms with Gasteiger partial charge in [0.1, 0.15) is 0 Å². The number of rotatable bonds is 3. The van der Waals surface area contributed by atoms with Gasteiger partial charge in [-0.2, -0.15) is 5.10 Å². The molecule has 1 saturated heterocycles. The quantitative estimate of drug-likeness (QED) is 0.890. The summed E-state index contributed by atoms with van der Waals surface area (Å²) in [6.07, 6.45) is 4.73. The highest BCUT2D eigenvalue weighted by Crippen LogP contribution is 2.31. The Labute approximate surface area is 110 Å². The first-order valence-corrected chi connectivity index (χ1v) is 7.00. The van der Waals surface area contributed by atoms with Crippen molar-refractivity contribution in [3.05, 3.63) is 17.5 Å². The minimum absolute atomic E-state index is 0.412. The summed E-state index contributed by atoms with van der Waals surface area (Å²) in [6.45, 7) is 8.61. The van der Waals surface area contributed by atoms with E-state index in [2.05, 4.69) is 37.0 Å². The van der Waals surface area contributed by atoms with E-state index in [4.69, 9.17) is 5.73 Å². The monoisotopic (exact) mass is 250 g/mol. The van der Waals surface area contributed by atoms with Gasteiger partial charge in [0, 0.05) is 37.4 Å². The third-order valence-electron chi connectivity index (χ3n) is 4.40. The fourth-order valence-corrected chi connectivity index (χ4v) is 3.34. The number of likely N-dealkylation sites (tertiary alicyclic amines) is 1. The van der Waals surface area contributed by atoms with Crippen molar-refractivity contribution in [3.8, 4) is 0 Å². The molecule has 1 aromatic heterocycles. The minimum Gasteiger partial charge on any atom is -0.329 e. The summed E-state index contributed by atoms with van der Waals surface area (Å²) in [5, 5.41) is 4.46. The van der Waals surface area contributed by atoms with Crippen LogP contribution in [0.25, 0.3) is 0 Å². The Balaban J connectivity index is 2.21. The number of aryl methyl sites for hydroxylation is 2. The largest absolute Gasteiger partial charge is 0.329 e. The zero-order valence-corrected chi connectivity index (χ0v) is 12.1. The maximum Gasteiger partial charge on any atom is 0.0641 e. The molecule has 0 aromatic carbocycles. The van der Waals surface area contributed by atoms with Crippen LogP contribution in [0.2, 0.25) is 0 Å². The van der Waals surface area contributed by atoms with Crippen LogP contribution in [0.5, 0.6) is 0 Å². The molecule has 0 radical (unpaired) electrons. The Kier molecular flexibility index (Phi) is 4.07. The van der Waals surface area contributed by atoms with E-state index in [1.54, 1.807) is 0 Å². The van der Waals surface area contributed by atoms with Gasteiger partial charge in [-0.3, -0.25) is 9.58 Å². The van der Waals surface area contributed by atoms with Crippen molar-refractivity contribution in [1.82, 2.24) is 14.7 Å². The Morgan fingerprint density at radius 3 is 2.83 bits per heavy atom. The second kappa shape index (κ2) is 5.41. The highest BCUT2D eigenvalue weighted by atomic mass is 15.3. The molecule has 1 aliphatic rings. The summed E-state index contributed by atoms with van der Waals surface area (Å²) in [5.41, 5.74) is 8.46. The predicted molar refractivity (Wildman–Crippen MR) is 74.3 cm³/mol. The topological polar surface area (TPSA) is 47.1 Å². The van der Waals surface area contributed by atoms with Crippen molar-refractivity contribution in [3.63, 3.8) is 0 Å². The van der Waals surface area contributed by atoms with Gasteiger partial charge < -0.3 is 5.73 Å². The fraction of sp³-hybridized carbons (Fsp3) is 0.786. The standard InChI is InChI=1S/C14H26N4/c1-10-6-5-7-18(14(10)8-15)12(3)13-9-17(4)16-11(13)2/h9-10,12,14H,5-8,15H2,1-4H3. The van der Waals surface area contributed by atoms with Gasteiger partial charge in [0.05, 0.1) is 5.69 Å². The van der Waals surface area contributed by atoms with Crippen LogP contribution < -0.4 is 5.73 Å². The van der Waals surface area contributed by atoms with Gasteiger partial charge in [0.25, 0.3) is 0 Å². The fourth-order valence-electron chi connectivity index (χ4n) is 3.34. The van der Waals surface area contributed by atoms with E-state index in [-0.39, 0.29) is 0 Å². The average Bonchev–Trinajstić information content (AvgIpc) is 2.67. The molecular weight excluding hydrogens is 224 g/mol. The molecule has 1 fully saturated rings. The first-order valence-electron chi connectivity index (χ1n) is 7.00. The van der Waals surface area contributed by atoms with Gasteiger partial charge in [-0.15, -0.1) is 0 Å². The zero-order valence-electron chi connectivity index (χ0n) is 12.1. The third-order valence-corrected chi connectivity index (χ3v) is 4.40. The molecule has 3 unspecified atom stereocenters. The average molecular weight is 250 g/mol. The number of aromatic nitrogens is 2. The number of piperidine rings is 1. The summed E-state index contributed by atoms with van der Waals surface area (Å²) in [7, 11) is 1.99. The summed E-state index contributed by atoms with van der Waals surface area (Å²) in [5.74, 6) is 0.697. The van der Waals surface area contributed by atoms with E-state index in [9.17, 15) is 0 Å². The van der Waals surface area contributed by atoms with E-state index in [1.165, 1.54) is 18.4 Å². The highest BCUT2D eigenvalue weighted by molar-refractivity contribution is 5.20. The van der Waals surface area contributed by atoms with Crippen molar-refractivity contribution in [1.29, 1.82) is 0 Å². The molecule has 4 nitrogen and oxygen atoms in total. The lowest BCUT2D eigenvalue weighted by atomic mass is 9.88. The summed E-state index contributed by atoms with van der Waals surface area (Å²) in [6, 6.07) is 0.920. The SMILES string of the molecule is Cc1nn(C)cc1C(C)N1CCCC(C)C1CN. The number of hydrogen-bond acceptors (Lipinski definition) is 3. The number of nitrogens with two attached hydrogens (primary N) is 1.